The molecule has 0 saturated heterocycles. The van der Waals surface area contributed by atoms with Crippen molar-refractivity contribution in [2.24, 2.45) is 17.6 Å². The molecule has 9 nitrogen and oxygen atoms in total. The van der Waals surface area contributed by atoms with Crippen LogP contribution < -0.4 is 26.4 Å². The molecule has 2 aliphatic rings. The highest BCUT2D eigenvalue weighted by Crippen LogP contribution is 2.38. The van der Waals surface area contributed by atoms with E-state index in [0.29, 0.717) is 24.8 Å². The maximum Gasteiger partial charge on any atom is 0.323 e. The molecule has 0 radical (unpaired) electrons. The molecule has 41 heavy (non-hydrogen) atoms. The van der Waals surface area contributed by atoms with E-state index in [2.05, 4.69) is 16.0 Å². The van der Waals surface area contributed by atoms with Gasteiger partial charge in [-0.1, -0.05) is 33.1 Å². The standard InChI is InChI=1S/C28H35F3N4O5S/c1-15(2)25(16-6-4-3-5-7-16)33-22-13-20(31)24(40-27(26(32)36)41(38,39)18-9-10-18)14-23(22)35-28(37)34-21-11-8-17(29)12-19(21)30/h8,11-16,18,25,27,33H,3-7,9-10H2,1-2H3,(H2,32,36)(H2,34,35,37). The zero-order chi connectivity index (χ0) is 29.9. The Morgan fingerprint density at radius 1 is 0.902 bits per heavy atom. The van der Waals surface area contributed by atoms with Crippen molar-refractivity contribution in [2.75, 3.05) is 16.0 Å². The monoisotopic (exact) mass is 596 g/mol. The summed E-state index contributed by atoms with van der Waals surface area (Å²) >= 11 is 0. The van der Waals surface area contributed by atoms with Gasteiger partial charge in [0.1, 0.15) is 11.6 Å². The number of ether oxygens (including phenoxy) is 1. The quantitative estimate of drug-likeness (QED) is 0.269. The maximum atomic E-state index is 15.4. The van der Waals surface area contributed by atoms with Gasteiger partial charge in [0.25, 0.3) is 11.3 Å². The summed E-state index contributed by atoms with van der Waals surface area (Å²) in [5.41, 5.74) is 3.04. The van der Waals surface area contributed by atoms with Gasteiger partial charge < -0.3 is 26.4 Å². The van der Waals surface area contributed by atoms with E-state index in [1.807, 2.05) is 13.8 Å². The molecule has 224 valence electrons. The summed E-state index contributed by atoms with van der Waals surface area (Å²) < 4.78 is 73.6. The summed E-state index contributed by atoms with van der Waals surface area (Å²) in [6.45, 7) is 4.05. The van der Waals surface area contributed by atoms with Crippen LogP contribution in [0.2, 0.25) is 0 Å². The SMILES string of the molecule is CC(C)C(Nc1cc(F)c(OC(C(N)=O)S(=O)(=O)C2CC2)cc1NC(=O)Nc1ccc(F)cc1F)C1CCCCC1. The predicted octanol–water partition coefficient (Wildman–Crippen LogP) is 5.53. The van der Waals surface area contributed by atoms with E-state index in [4.69, 9.17) is 10.5 Å². The van der Waals surface area contributed by atoms with Crippen LogP contribution in [0, 0.1) is 29.3 Å². The minimum Gasteiger partial charge on any atom is -0.461 e. The fourth-order valence-corrected chi connectivity index (χ4v) is 6.91. The van der Waals surface area contributed by atoms with Crippen LogP contribution in [0.1, 0.15) is 58.8 Å². The number of carbonyl (C=O) groups is 2. The van der Waals surface area contributed by atoms with E-state index in [1.165, 1.54) is 0 Å². The van der Waals surface area contributed by atoms with Gasteiger partial charge in [0.15, 0.2) is 21.4 Å². The molecule has 0 spiro atoms. The third-order valence-corrected chi connectivity index (χ3v) is 9.78. The number of anilines is 3. The van der Waals surface area contributed by atoms with Gasteiger partial charge in [-0.3, -0.25) is 4.79 Å². The molecule has 2 saturated carbocycles. The molecule has 0 aliphatic heterocycles. The number of nitrogens with one attached hydrogen (secondary N) is 3. The molecule has 3 amide bonds. The molecule has 0 aromatic heterocycles. The maximum absolute atomic E-state index is 15.4. The summed E-state index contributed by atoms with van der Waals surface area (Å²) in [6.07, 6.45) is 5.91. The first-order valence-corrected chi connectivity index (χ1v) is 15.3. The number of urea groups is 1. The third-order valence-electron chi connectivity index (χ3n) is 7.45. The van der Waals surface area contributed by atoms with Crippen LogP contribution in [0.4, 0.5) is 35.0 Å². The highest BCUT2D eigenvalue weighted by atomic mass is 32.2. The van der Waals surface area contributed by atoms with Gasteiger partial charge in [0.2, 0.25) is 0 Å². The number of nitrogens with two attached hydrogens (primary N) is 1. The molecule has 2 aromatic carbocycles. The lowest BCUT2D eigenvalue weighted by molar-refractivity contribution is -0.121. The van der Waals surface area contributed by atoms with Crippen molar-refractivity contribution in [1.29, 1.82) is 0 Å². The lowest BCUT2D eigenvalue weighted by Gasteiger charge is -2.35. The smallest absolute Gasteiger partial charge is 0.323 e. The van der Waals surface area contributed by atoms with Gasteiger partial charge in [-0.15, -0.1) is 0 Å². The van der Waals surface area contributed by atoms with Crippen LogP contribution in [0.5, 0.6) is 5.75 Å². The molecule has 2 unspecified atom stereocenters. The lowest BCUT2D eigenvalue weighted by Crippen LogP contribution is -2.42. The Hall–Kier alpha value is -3.48. The highest BCUT2D eigenvalue weighted by molar-refractivity contribution is 7.93. The van der Waals surface area contributed by atoms with Crippen molar-refractivity contribution in [3.63, 3.8) is 0 Å². The minimum absolute atomic E-state index is 0.0186. The van der Waals surface area contributed by atoms with Crippen LogP contribution >= 0.6 is 0 Å². The molecule has 2 aromatic rings. The van der Waals surface area contributed by atoms with E-state index in [9.17, 15) is 26.8 Å². The Labute approximate surface area is 237 Å². The molecule has 4 rings (SSSR count). The molecule has 0 bridgehead atoms. The van der Waals surface area contributed by atoms with Crippen molar-refractivity contribution in [3.05, 3.63) is 47.8 Å². The average Bonchev–Trinajstić information content (AvgIpc) is 3.76. The van der Waals surface area contributed by atoms with Gasteiger partial charge in [-0.2, -0.15) is 0 Å². The molecule has 2 atom stereocenters. The Morgan fingerprint density at radius 2 is 1.56 bits per heavy atom. The normalized spacial score (nSPS) is 17.5. The second-order valence-corrected chi connectivity index (χ2v) is 13.3. The van der Waals surface area contributed by atoms with Crippen molar-refractivity contribution in [2.45, 2.75) is 75.5 Å². The molecular formula is C28H35F3N4O5S. The Kier molecular flexibility index (Phi) is 9.35. The Bertz CT molecular complexity index is 1400. The fourth-order valence-electron chi connectivity index (χ4n) is 5.21. The molecule has 13 heteroatoms. The van der Waals surface area contributed by atoms with Crippen LogP contribution in [0.3, 0.4) is 0 Å². The summed E-state index contributed by atoms with van der Waals surface area (Å²) in [5, 5.41) is 7.31. The average molecular weight is 597 g/mol. The van der Waals surface area contributed by atoms with Gasteiger partial charge >= 0.3 is 6.03 Å². The minimum atomic E-state index is -4.13. The molecular weight excluding hydrogens is 561 g/mol. The summed E-state index contributed by atoms with van der Waals surface area (Å²) in [5.74, 6) is -4.30. The third kappa shape index (κ3) is 7.43. The summed E-state index contributed by atoms with van der Waals surface area (Å²) in [4.78, 5) is 24.9. The lowest BCUT2D eigenvalue weighted by atomic mass is 9.79. The van der Waals surface area contributed by atoms with Crippen LogP contribution in [-0.2, 0) is 14.6 Å². The zero-order valence-electron chi connectivity index (χ0n) is 22.9. The van der Waals surface area contributed by atoms with E-state index in [1.54, 1.807) is 0 Å². The predicted molar refractivity (Wildman–Crippen MR) is 150 cm³/mol. The molecule has 0 heterocycles. The second kappa shape index (κ2) is 12.6. The Balaban J connectivity index is 1.67. The van der Waals surface area contributed by atoms with Crippen LogP contribution in [0.15, 0.2) is 30.3 Å². The van der Waals surface area contributed by atoms with E-state index < -0.39 is 55.7 Å². The van der Waals surface area contributed by atoms with Gasteiger partial charge in [0.05, 0.1) is 22.3 Å². The number of amides is 3. The number of halogens is 3. The first kappa shape index (κ1) is 30.5. The number of primary amides is 1. The van der Waals surface area contributed by atoms with Crippen LogP contribution in [0.25, 0.3) is 0 Å². The highest BCUT2D eigenvalue weighted by Gasteiger charge is 2.46. The Morgan fingerprint density at radius 3 is 2.15 bits per heavy atom. The van der Waals surface area contributed by atoms with E-state index in [-0.39, 0.29) is 29.0 Å². The topological polar surface area (TPSA) is 140 Å². The number of hydrogen-bond donors (Lipinski definition) is 4. The number of benzene rings is 2. The largest absolute Gasteiger partial charge is 0.461 e. The van der Waals surface area contributed by atoms with E-state index >= 15 is 4.39 Å². The number of carbonyl (C=O) groups excluding carboxylic acids is 2. The summed E-state index contributed by atoms with van der Waals surface area (Å²) in [7, 11) is -4.13. The van der Waals surface area contributed by atoms with Crippen molar-refractivity contribution in [3.8, 4) is 5.75 Å². The molecule has 2 fully saturated rings. The number of sulfone groups is 1. The first-order valence-electron chi connectivity index (χ1n) is 13.7. The second-order valence-electron chi connectivity index (χ2n) is 11.0. The van der Waals surface area contributed by atoms with E-state index in [0.717, 1.165) is 56.4 Å². The fraction of sp³-hybridized carbons (Fsp3) is 0.500. The number of hydrogen-bond acceptors (Lipinski definition) is 6. The number of rotatable bonds is 11. The van der Waals surface area contributed by atoms with Gasteiger partial charge in [0, 0.05) is 24.2 Å². The summed E-state index contributed by atoms with van der Waals surface area (Å²) in [6, 6.07) is 3.68. The molecule has 5 N–H and O–H groups in total. The zero-order valence-corrected chi connectivity index (χ0v) is 23.7. The van der Waals surface area contributed by atoms with Crippen molar-refractivity contribution in [1.82, 2.24) is 0 Å². The van der Waals surface area contributed by atoms with Crippen molar-refractivity contribution >= 4 is 38.8 Å². The van der Waals surface area contributed by atoms with Crippen molar-refractivity contribution < 1.29 is 35.9 Å². The van der Waals surface area contributed by atoms with Gasteiger partial charge in [-0.05, 0) is 49.7 Å². The first-order chi connectivity index (χ1) is 19.4. The van der Waals surface area contributed by atoms with Gasteiger partial charge in [-0.25, -0.2) is 26.4 Å². The molecule has 2 aliphatic carbocycles. The van der Waals surface area contributed by atoms with Crippen LogP contribution in [-0.4, -0.2) is 37.1 Å².